The van der Waals surface area contributed by atoms with Crippen molar-refractivity contribution in [1.82, 2.24) is 25.1 Å². The van der Waals surface area contributed by atoms with E-state index >= 15 is 0 Å². The van der Waals surface area contributed by atoms with Crippen molar-refractivity contribution in [2.45, 2.75) is 31.7 Å². The molecule has 3 heterocycles. The van der Waals surface area contributed by atoms with Gasteiger partial charge in [-0.15, -0.1) is 6.58 Å². The molecule has 3 aromatic carbocycles. The molecule has 4 amide bonds. The Labute approximate surface area is 264 Å². The van der Waals surface area contributed by atoms with Crippen molar-refractivity contribution in [3.8, 4) is 17.2 Å². The number of phenols is 1. The first kappa shape index (κ1) is 30.4. The van der Waals surface area contributed by atoms with Crippen LogP contribution in [-0.2, 0) is 29.1 Å². The second-order valence-corrected chi connectivity index (χ2v) is 11.1. The number of piperazine rings is 1. The smallest absolute Gasteiger partial charge is 0.334 e. The molecule has 0 saturated carbocycles. The van der Waals surface area contributed by atoms with Gasteiger partial charge in [-0.2, -0.15) is 0 Å². The lowest BCUT2D eigenvalue weighted by Crippen LogP contribution is -2.76. The summed E-state index contributed by atoms with van der Waals surface area (Å²) in [6.07, 6.45) is 0.725. The third-order valence-electron chi connectivity index (χ3n) is 8.16. The van der Waals surface area contributed by atoms with Crippen LogP contribution in [0, 0.1) is 10.1 Å². The Balaban J connectivity index is 1.37. The summed E-state index contributed by atoms with van der Waals surface area (Å²) in [7, 11) is 0. The monoisotopic (exact) mass is 628 g/mol. The van der Waals surface area contributed by atoms with E-state index in [1.54, 1.807) is 23.2 Å². The molecule has 2 saturated heterocycles. The number of carbonyl (C=O) groups is 3. The average molecular weight is 629 g/mol. The average Bonchev–Trinajstić information content (AvgIpc) is 3.50. The Bertz CT molecular complexity index is 1670. The second kappa shape index (κ2) is 12.8. The molecule has 2 unspecified atom stereocenters. The topological polar surface area (TPSA) is 158 Å². The fourth-order valence-corrected chi connectivity index (χ4v) is 6.03. The van der Waals surface area contributed by atoms with Crippen molar-refractivity contribution < 1.29 is 33.9 Å². The number of aromatic hydroxyl groups is 1. The van der Waals surface area contributed by atoms with Crippen molar-refractivity contribution in [2.24, 2.45) is 0 Å². The van der Waals surface area contributed by atoms with E-state index in [1.807, 2.05) is 30.3 Å². The molecule has 238 valence electrons. The molecule has 14 nitrogen and oxygen atoms in total. The van der Waals surface area contributed by atoms with E-state index in [-0.39, 0.29) is 74.6 Å². The van der Waals surface area contributed by atoms with Gasteiger partial charge in [-0.1, -0.05) is 48.5 Å². The third kappa shape index (κ3) is 6.02. The number of hydrogen-bond acceptors (Lipinski definition) is 9. The first-order chi connectivity index (χ1) is 22.2. The summed E-state index contributed by atoms with van der Waals surface area (Å²) in [5, 5.41) is 27.8. The minimum atomic E-state index is -1.04. The highest BCUT2D eigenvalue weighted by Gasteiger charge is 2.51. The molecule has 3 aliphatic rings. The van der Waals surface area contributed by atoms with Gasteiger partial charge in [0.05, 0.1) is 36.2 Å². The zero-order chi connectivity index (χ0) is 32.4. The normalized spacial score (nSPS) is 19.2. The SMILES string of the molecule is C=CCN1CC(=O)N2C(Cc3ccc(O)cc3)C(=O)N(Cc3cc4c(cc3[N+](=O)[O-])OCO4)CC2N1C(=O)NCc1ccccc1. The molecule has 46 heavy (non-hydrogen) atoms. The maximum absolute atomic E-state index is 14.2. The summed E-state index contributed by atoms with van der Waals surface area (Å²) in [5.41, 5.74) is 1.51. The molecule has 0 aromatic heterocycles. The van der Waals surface area contributed by atoms with Crippen molar-refractivity contribution in [2.75, 3.05) is 26.4 Å². The van der Waals surface area contributed by atoms with Crippen LogP contribution < -0.4 is 14.8 Å². The number of urea groups is 1. The maximum atomic E-state index is 14.2. The summed E-state index contributed by atoms with van der Waals surface area (Å²) in [4.78, 5) is 56.2. The van der Waals surface area contributed by atoms with Crippen LogP contribution in [0.1, 0.15) is 16.7 Å². The standard InChI is InChI=1S/C32H32N6O8/c1-2-12-35-19-30(40)36-26(13-21-8-10-24(39)11-9-21)31(41)34(17-23-14-27-28(46-20-45-27)15-25(23)38(43)44)18-29(36)37(35)32(42)33-16-22-6-4-3-5-7-22/h2-11,14-15,26,29,39H,1,12-13,16-20H2,(H,33,42). The number of fused-ring (bicyclic) bond motifs is 2. The fourth-order valence-electron chi connectivity index (χ4n) is 6.03. The predicted octanol–water partition coefficient (Wildman–Crippen LogP) is 2.77. The quantitative estimate of drug-likeness (QED) is 0.207. The van der Waals surface area contributed by atoms with E-state index in [0.29, 0.717) is 11.3 Å². The number of hydrazine groups is 1. The summed E-state index contributed by atoms with van der Waals surface area (Å²) < 4.78 is 10.8. The largest absolute Gasteiger partial charge is 0.508 e. The van der Waals surface area contributed by atoms with Crippen LogP contribution in [0.15, 0.2) is 79.4 Å². The van der Waals surface area contributed by atoms with Crippen molar-refractivity contribution in [3.05, 3.63) is 106 Å². The number of rotatable bonds is 9. The second-order valence-electron chi connectivity index (χ2n) is 11.1. The number of nitro groups is 1. The fraction of sp³-hybridized carbons (Fsp3) is 0.281. The molecule has 0 bridgehead atoms. The van der Waals surface area contributed by atoms with E-state index in [0.717, 1.165) is 5.56 Å². The number of ether oxygens (including phenoxy) is 2. The number of nitrogens with zero attached hydrogens (tertiary/aromatic N) is 5. The lowest BCUT2D eigenvalue weighted by molar-refractivity contribution is -0.385. The zero-order valence-electron chi connectivity index (χ0n) is 24.8. The number of nitro benzene ring substituents is 1. The van der Waals surface area contributed by atoms with E-state index in [2.05, 4.69) is 11.9 Å². The number of nitrogens with one attached hydrogen (secondary N) is 1. The molecule has 14 heteroatoms. The van der Waals surface area contributed by atoms with Crippen LogP contribution in [0.4, 0.5) is 10.5 Å². The molecule has 3 aliphatic heterocycles. The number of amides is 4. The van der Waals surface area contributed by atoms with Gasteiger partial charge in [0, 0.05) is 19.5 Å². The predicted molar refractivity (Wildman–Crippen MR) is 163 cm³/mol. The molecule has 2 fully saturated rings. The Morgan fingerprint density at radius 3 is 2.48 bits per heavy atom. The highest BCUT2D eigenvalue weighted by atomic mass is 16.7. The van der Waals surface area contributed by atoms with E-state index in [1.165, 1.54) is 39.1 Å². The van der Waals surface area contributed by atoms with Gasteiger partial charge in [0.15, 0.2) is 11.5 Å². The van der Waals surface area contributed by atoms with Gasteiger partial charge >= 0.3 is 6.03 Å². The van der Waals surface area contributed by atoms with Crippen LogP contribution in [0.2, 0.25) is 0 Å². The van der Waals surface area contributed by atoms with Gasteiger partial charge in [0.1, 0.15) is 18.0 Å². The van der Waals surface area contributed by atoms with E-state index in [4.69, 9.17) is 9.47 Å². The summed E-state index contributed by atoms with van der Waals surface area (Å²) in [5.74, 6) is -0.199. The first-order valence-electron chi connectivity index (χ1n) is 14.6. The number of benzene rings is 3. The molecule has 2 N–H and O–H groups in total. The molecule has 0 aliphatic carbocycles. The highest BCUT2D eigenvalue weighted by Crippen LogP contribution is 2.39. The minimum absolute atomic E-state index is 0.0451. The molecule has 3 aromatic rings. The lowest BCUT2D eigenvalue weighted by Gasteiger charge is -2.55. The number of hydrogen-bond donors (Lipinski definition) is 2. The van der Waals surface area contributed by atoms with E-state index in [9.17, 15) is 29.6 Å². The van der Waals surface area contributed by atoms with Crippen LogP contribution >= 0.6 is 0 Å². The van der Waals surface area contributed by atoms with Gasteiger partial charge in [0.25, 0.3) is 5.69 Å². The summed E-state index contributed by atoms with van der Waals surface area (Å²) >= 11 is 0. The third-order valence-corrected chi connectivity index (χ3v) is 8.16. The highest BCUT2D eigenvalue weighted by molar-refractivity contribution is 5.91. The van der Waals surface area contributed by atoms with Crippen LogP contribution in [-0.4, -0.2) is 86.3 Å². The van der Waals surface area contributed by atoms with Gasteiger partial charge < -0.3 is 29.7 Å². The Morgan fingerprint density at radius 1 is 1.07 bits per heavy atom. The van der Waals surface area contributed by atoms with Gasteiger partial charge in [-0.3, -0.25) is 19.7 Å². The molecular weight excluding hydrogens is 596 g/mol. The Kier molecular flexibility index (Phi) is 8.44. The minimum Gasteiger partial charge on any atom is -0.508 e. The van der Waals surface area contributed by atoms with E-state index < -0.39 is 29.1 Å². The van der Waals surface area contributed by atoms with Crippen LogP contribution in [0.3, 0.4) is 0 Å². The van der Waals surface area contributed by atoms with Crippen LogP contribution in [0.25, 0.3) is 0 Å². The Hall–Kier alpha value is -5.63. The van der Waals surface area contributed by atoms with Gasteiger partial charge in [-0.05, 0) is 29.3 Å². The zero-order valence-corrected chi connectivity index (χ0v) is 24.8. The maximum Gasteiger partial charge on any atom is 0.334 e. The molecule has 0 radical (unpaired) electrons. The first-order valence-corrected chi connectivity index (χ1v) is 14.6. The lowest BCUT2D eigenvalue weighted by atomic mass is 9.98. The van der Waals surface area contributed by atoms with Gasteiger partial charge in [0.2, 0.25) is 18.6 Å². The molecule has 2 atom stereocenters. The number of carbonyl (C=O) groups excluding carboxylic acids is 3. The van der Waals surface area contributed by atoms with Crippen LogP contribution in [0.5, 0.6) is 17.2 Å². The molecule has 0 spiro atoms. The van der Waals surface area contributed by atoms with Crippen molar-refractivity contribution in [1.29, 1.82) is 0 Å². The van der Waals surface area contributed by atoms with Gasteiger partial charge in [-0.25, -0.2) is 14.8 Å². The Morgan fingerprint density at radius 2 is 1.78 bits per heavy atom. The molecule has 6 rings (SSSR count). The summed E-state index contributed by atoms with van der Waals surface area (Å²) in [6, 6.07) is 16.9. The van der Waals surface area contributed by atoms with Crippen molar-refractivity contribution in [3.63, 3.8) is 0 Å². The van der Waals surface area contributed by atoms with Crippen molar-refractivity contribution >= 4 is 23.5 Å². The number of phenolic OH excluding ortho intramolecular Hbond substituents is 1. The molecular formula is C32H32N6O8. The summed E-state index contributed by atoms with van der Waals surface area (Å²) in [6.45, 7) is 3.64.